The Labute approximate surface area is 93.2 Å². The average molecular weight is 220 g/mol. The van der Waals surface area contributed by atoms with E-state index >= 15 is 0 Å². The van der Waals surface area contributed by atoms with Crippen molar-refractivity contribution in [2.24, 2.45) is 0 Å². The predicted molar refractivity (Wildman–Crippen MR) is 59.1 cm³/mol. The van der Waals surface area contributed by atoms with Crippen LogP contribution in [0.15, 0.2) is 30.3 Å². The Bertz CT molecular complexity index is 421. The molecule has 0 spiro atoms. The number of ether oxygens (including phenoxy) is 1. The predicted octanol–water partition coefficient (Wildman–Crippen LogP) is 1.96. The molecule has 0 unspecified atom stereocenters. The average Bonchev–Trinajstić information content (AvgIpc) is 2.27. The van der Waals surface area contributed by atoms with E-state index in [1.54, 1.807) is 31.2 Å². The van der Waals surface area contributed by atoms with Gasteiger partial charge >= 0.3 is 11.9 Å². The maximum absolute atomic E-state index is 11.4. The molecule has 1 aromatic carbocycles. The summed E-state index contributed by atoms with van der Waals surface area (Å²) >= 11 is 0. The van der Waals surface area contributed by atoms with Crippen molar-refractivity contribution in [2.45, 2.75) is 6.92 Å². The van der Waals surface area contributed by atoms with E-state index < -0.39 is 11.9 Å². The van der Waals surface area contributed by atoms with Gasteiger partial charge in [-0.3, -0.25) is 0 Å². The maximum Gasteiger partial charge on any atom is 0.338 e. The molecule has 0 amide bonds. The second-order valence-corrected chi connectivity index (χ2v) is 3.02. The molecule has 1 rings (SSSR count). The summed E-state index contributed by atoms with van der Waals surface area (Å²) in [5.74, 6) is -1.44. The van der Waals surface area contributed by atoms with E-state index in [1.165, 1.54) is 6.08 Å². The Balaban J connectivity index is 2.86. The molecule has 4 heteroatoms. The number of rotatable bonds is 4. The first kappa shape index (κ1) is 12.0. The highest BCUT2D eigenvalue weighted by molar-refractivity contribution is 5.91. The zero-order valence-corrected chi connectivity index (χ0v) is 8.84. The molecule has 0 aromatic heterocycles. The van der Waals surface area contributed by atoms with Crippen LogP contribution in [0.4, 0.5) is 0 Å². The Morgan fingerprint density at radius 1 is 1.44 bits per heavy atom. The molecule has 0 saturated carbocycles. The van der Waals surface area contributed by atoms with Gasteiger partial charge in [0.15, 0.2) is 0 Å². The standard InChI is InChI=1S/C12H12O4/c1-2-16-12(15)10-5-3-4-9(8-10)6-7-11(13)14/h3-8H,2H2,1H3,(H,13,14)/b7-6-. The molecule has 1 N–H and O–H groups in total. The number of carboxylic acid groups (broad SMARTS) is 1. The van der Waals surface area contributed by atoms with Gasteiger partial charge in [-0.2, -0.15) is 0 Å². The number of aliphatic carboxylic acids is 1. The second kappa shape index (κ2) is 5.70. The summed E-state index contributed by atoms with van der Waals surface area (Å²) in [6, 6.07) is 6.59. The van der Waals surface area contributed by atoms with E-state index in [4.69, 9.17) is 9.84 Å². The van der Waals surface area contributed by atoms with Gasteiger partial charge in [0, 0.05) is 6.08 Å². The molecule has 0 radical (unpaired) electrons. The SMILES string of the molecule is CCOC(=O)c1cccc(/C=C\C(=O)O)c1. The van der Waals surface area contributed by atoms with Crippen molar-refractivity contribution < 1.29 is 19.4 Å². The van der Waals surface area contributed by atoms with E-state index in [0.717, 1.165) is 6.08 Å². The Morgan fingerprint density at radius 3 is 2.81 bits per heavy atom. The van der Waals surface area contributed by atoms with Gasteiger partial charge in [0.05, 0.1) is 12.2 Å². The molecule has 0 aliphatic heterocycles. The molecule has 0 atom stereocenters. The quantitative estimate of drug-likeness (QED) is 0.622. The van der Waals surface area contributed by atoms with Crippen molar-refractivity contribution in [1.82, 2.24) is 0 Å². The highest BCUT2D eigenvalue weighted by atomic mass is 16.5. The van der Waals surface area contributed by atoms with Crippen LogP contribution in [-0.2, 0) is 9.53 Å². The van der Waals surface area contributed by atoms with Crippen molar-refractivity contribution >= 4 is 18.0 Å². The third-order valence-corrected chi connectivity index (χ3v) is 1.82. The molecule has 0 saturated heterocycles. The van der Waals surface area contributed by atoms with Gasteiger partial charge in [-0.15, -0.1) is 0 Å². The second-order valence-electron chi connectivity index (χ2n) is 3.02. The van der Waals surface area contributed by atoms with Gasteiger partial charge < -0.3 is 9.84 Å². The van der Waals surface area contributed by atoms with Gasteiger partial charge in [0.1, 0.15) is 0 Å². The van der Waals surface area contributed by atoms with Crippen molar-refractivity contribution in [1.29, 1.82) is 0 Å². The lowest BCUT2D eigenvalue weighted by atomic mass is 10.1. The van der Waals surface area contributed by atoms with Gasteiger partial charge in [-0.25, -0.2) is 9.59 Å². The number of benzene rings is 1. The summed E-state index contributed by atoms with van der Waals surface area (Å²) in [4.78, 5) is 21.7. The summed E-state index contributed by atoms with van der Waals surface area (Å²) in [5, 5.41) is 8.46. The maximum atomic E-state index is 11.4. The fourth-order valence-electron chi connectivity index (χ4n) is 1.15. The smallest absolute Gasteiger partial charge is 0.338 e. The molecule has 0 fully saturated rings. The highest BCUT2D eigenvalue weighted by Crippen LogP contribution is 2.08. The minimum atomic E-state index is -1.03. The van der Waals surface area contributed by atoms with Gasteiger partial charge in [-0.05, 0) is 30.7 Å². The lowest BCUT2D eigenvalue weighted by Gasteiger charge is -2.02. The summed E-state index contributed by atoms with van der Waals surface area (Å²) in [7, 11) is 0. The van der Waals surface area contributed by atoms with Gasteiger partial charge in [0.2, 0.25) is 0 Å². The molecule has 16 heavy (non-hydrogen) atoms. The molecule has 0 bridgehead atoms. The highest BCUT2D eigenvalue weighted by Gasteiger charge is 2.05. The third-order valence-electron chi connectivity index (χ3n) is 1.82. The largest absolute Gasteiger partial charge is 0.478 e. The number of carbonyl (C=O) groups excluding carboxylic acids is 1. The molecular weight excluding hydrogens is 208 g/mol. The van der Waals surface area contributed by atoms with Crippen LogP contribution in [0.25, 0.3) is 6.08 Å². The monoisotopic (exact) mass is 220 g/mol. The first-order chi connectivity index (χ1) is 7.63. The van der Waals surface area contributed by atoms with E-state index in [0.29, 0.717) is 17.7 Å². The first-order valence-corrected chi connectivity index (χ1v) is 4.81. The number of hydrogen-bond acceptors (Lipinski definition) is 3. The fourth-order valence-corrected chi connectivity index (χ4v) is 1.15. The topological polar surface area (TPSA) is 63.6 Å². The molecule has 0 aliphatic rings. The number of carboxylic acids is 1. The van der Waals surface area contributed by atoms with Crippen LogP contribution in [0, 0.1) is 0 Å². The van der Waals surface area contributed by atoms with Crippen LogP contribution in [0.2, 0.25) is 0 Å². The van der Waals surface area contributed by atoms with Gasteiger partial charge in [-0.1, -0.05) is 12.1 Å². The summed E-state index contributed by atoms with van der Waals surface area (Å²) in [6.45, 7) is 2.04. The summed E-state index contributed by atoms with van der Waals surface area (Å²) < 4.78 is 4.83. The van der Waals surface area contributed by atoms with E-state index in [1.807, 2.05) is 0 Å². The zero-order chi connectivity index (χ0) is 12.0. The summed E-state index contributed by atoms with van der Waals surface area (Å²) in [5.41, 5.74) is 1.06. The Hall–Kier alpha value is -2.10. The first-order valence-electron chi connectivity index (χ1n) is 4.81. The third kappa shape index (κ3) is 3.57. The molecule has 1 aromatic rings. The minimum absolute atomic E-state index is 0.314. The number of carbonyl (C=O) groups is 2. The Morgan fingerprint density at radius 2 is 2.19 bits per heavy atom. The van der Waals surface area contributed by atoms with Crippen molar-refractivity contribution in [3.8, 4) is 0 Å². The van der Waals surface area contributed by atoms with Crippen LogP contribution in [-0.4, -0.2) is 23.7 Å². The van der Waals surface area contributed by atoms with Crippen LogP contribution >= 0.6 is 0 Å². The van der Waals surface area contributed by atoms with Gasteiger partial charge in [0.25, 0.3) is 0 Å². The number of hydrogen-bond donors (Lipinski definition) is 1. The van der Waals surface area contributed by atoms with E-state index in [2.05, 4.69) is 0 Å². The number of esters is 1. The minimum Gasteiger partial charge on any atom is -0.478 e. The van der Waals surface area contributed by atoms with Crippen LogP contribution in [0.5, 0.6) is 0 Å². The lowest BCUT2D eigenvalue weighted by molar-refractivity contribution is -0.131. The molecule has 4 nitrogen and oxygen atoms in total. The summed E-state index contributed by atoms with van der Waals surface area (Å²) in [6.07, 6.45) is 2.44. The van der Waals surface area contributed by atoms with Crippen molar-refractivity contribution in [3.05, 3.63) is 41.5 Å². The van der Waals surface area contributed by atoms with Crippen LogP contribution < -0.4 is 0 Å². The fraction of sp³-hybridized carbons (Fsp3) is 0.167. The lowest BCUT2D eigenvalue weighted by Crippen LogP contribution is -2.04. The molecule has 0 heterocycles. The van der Waals surface area contributed by atoms with Crippen LogP contribution in [0.1, 0.15) is 22.8 Å². The molecule has 84 valence electrons. The van der Waals surface area contributed by atoms with E-state index in [-0.39, 0.29) is 0 Å². The Kier molecular flexibility index (Phi) is 4.27. The molecule has 0 aliphatic carbocycles. The van der Waals surface area contributed by atoms with Crippen molar-refractivity contribution in [2.75, 3.05) is 6.61 Å². The van der Waals surface area contributed by atoms with E-state index in [9.17, 15) is 9.59 Å². The molecular formula is C12H12O4. The van der Waals surface area contributed by atoms with Crippen molar-refractivity contribution in [3.63, 3.8) is 0 Å². The van der Waals surface area contributed by atoms with Crippen LogP contribution in [0.3, 0.4) is 0 Å². The normalized spacial score (nSPS) is 10.3. The zero-order valence-electron chi connectivity index (χ0n) is 8.84.